The van der Waals surface area contributed by atoms with Crippen molar-refractivity contribution in [1.82, 2.24) is 10.2 Å². The molecule has 0 heterocycles. The molecular weight excluding hydrogens is 374 g/mol. The van der Waals surface area contributed by atoms with Crippen molar-refractivity contribution in [2.24, 2.45) is 0 Å². The molecule has 0 bridgehead atoms. The van der Waals surface area contributed by atoms with E-state index in [2.05, 4.69) is 5.32 Å². The molecule has 2 rings (SSSR count). The summed E-state index contributed by atoms with van der Waals surface area (Å²) in [6, 6.07) is 12.4. The van der Waals surface area contributed by atoms with Crippen molar-refractivity contribution in [3.05, 3.63) is 63.7 Å². The van der Waals surface area contributed by atoms with Crippen LogP contribution in [-0.4, -0.2) is 42.9 Å². The maximum absolute atomic E-state index is 12.4. The second-order valence-corrected chi connectivity index (χ2v) is 6.80. The molecule has 0 atom stereocenters. The SMILES string of the molecule is CNCCN(C)C(=O)c1ccc(Sc2ccc(C)cc2)c([N+](=O)[O-])c1.Cl. The number of nitrogens with zero attached hydrogens (tertiary/aromatic N) is 2. The Kier molecular flexibility index (Phi) is 8.57. The molecule has 8 heteroatoms. The van der Waals surface area contributed by atoms with Crippen LogP contribution in [0.5, 0.6) is 0 Å². The standard InChI is InChI=1S/C18H21N3O3S.ClH/c1-13-4-7-15(8-5-13)25-17-9-6-14(12-16(17)21(23)24)18(22)20(3)11-10-19-2;/h4-9,12,19H,10-11H2,1-3H3;1H. The van der Waals surface area contributed by atoms with Crippen molar-refractivity contribution >= 4 is 35.8 Å². The smallest absolute Gasteiger partial charge is 0.284 e. The van der Waals surface area contributed by atoms with Gasteiger partial charge < -0.3 is 10.2 Å². The molecule has 0 radical (unpaired) electrons. The fourth-order valence-electron chi connectivity index (χ4n) is 2.21. The quantitative estimate of drug-likeness (QED) is 0.570. The van der Waals surface area contributed by atoms with E-state index in [1.54, 1.807) is 31.1 Å². The van der Waals surface area contributed by atoms with E-state index in [0.717, 1.165) is 10.5 Å². The number of nitro benzene ring substituents is 1. The monoisotopic (exact) mass is 395 g/mol. The fraction of sp³-hybridized carbons (Fsp3) is 0.278. The predicted molar refractivity (Wildman–Crippen MR) is 107 cm³/mol. The van der Waals surface area contributed by atoms with Gasteiger partial charge in [-0.3, -0.25) is 14.9 Å². The molecule has 26 heavy (non-hydrogen) atoms. The number of carbonyl (C=O) groups is 1. The highest BCUT2D eigenvalue weighted by Crippen LogP contribution is 2.35. The Bertz CT molecular complexity index is 769. The number of benzene rings is 2. The molecule has 0 aliphatic heterocycles. The Morgan fingerprint density at radius 1 is 1.23 bits per heavy atom. The van der Waals surface area contributed by atoms with Crippen LogP contribution in [0.4, 0.5) is 5.69 Å². The average molecular weight is 396 g/mol. The van der Waals surface area contributed by atoms with Crippen LogP contribution in [0, 0.1) is 17.0 Å². The molecular formula is C18H22ClN3O3S. The highest BCUT2D eigenvalue weighted by molar-refractivity contribution is 7.99. The van der Waals surface area contributed by atoms with Gasteiger partial charge in [0.15, 0.2) is 0 Å². The number of hydrogen-bond donors (Lipinski definition) is 1. The average Bonchev–Trinajstić information content (AvgIpc) is 2.61. The summed E-state index contributed by atoms with van der Waals surface area (Å²) in [5, 5.41) is 14.4. The summed E-state index contributed by atoms with van der Waals surface area (Å²) < 4.78 is 0. The molecule has 0 saturated carbocycles. The largest absolute Gasteiger partial charge is 0.340 e. The van der Waals surface area contributed by atoms with Crippen molar-refractivity contribution in [2.45, 2.75) is 16.7 Å². The van der Waals surface area contributed by atoms with Crippen molar-refractivity contribution in [3.8, 4) is 0 Å². The third-order valence-corrected chi connectivity index (χ3v) is 4.77. The van der Waals surface area contributed by atoms with Gasteiger partial charge in [0.2, 0.25) is 0 Å². The van der Waals surface area contributed by atoms with E-state index in [9.17, 15) is 14.9 Å². The van der Waals surface area contributed by atoms with E-state index in [4.69, 9.17) is 0 Å². The van der Waals surface area contributed by atoms with E-state index < -0.39 is 4.92 Å². The number of halogens is 1. The van der Waals surface area contributed by atoms with E-state index in [1.165, 1.54) is 17.8 Å². The topological polar surface area (TPSA) is 75.5 Å². The van der Waals surface area contributed by atoms with Crippen LogP contribution in [0.3, 0.4) is 0 Å². The minimum atomic E-state index is -0.444. The first-order valence-electron chi connectivity index (χ1n) is 7.85. The summed E-state index contributed by atoms with van der Waals surface area (Å²) in [5.41, 5.74) is 1.39. The first kappa shape index (κ1) is 22.0. The highest BCUT2D eigenvalue weighted by atomic mass is 35.5. The lowest BCUT2D eigenvalue weighted by Gasteiger charge is -2.17. The van der Waals surface area contributed by atoms with Crippen molar-refractivity contribution in [1.29, 1.82) is 0 Å². The lowest BCUT2D eigenvalue weighted by atomic mass is 10.2. The Morgan fingerprint density at radius 3 is 2.46 bits per heavy atom. The first-order chi connectivity index (χ1) is 11.9. The number of nitrogens with one attached hydrogen (secondary N) is 1. The maximum Gasteiger partial charge on any atom is 0.284 e. The van der Waals surface area contributed by atoms with Crippen molar-refractivity contribution in [2.75, 3.05) is 27.2 Å². The van der Waals surface area contributed by atoms with E-state index in [0.29, 0.717) is 23.5 Å². The molecule has 0 aliphatic carbocycles. The molecule has 1 N–H and O–H groups in total. The Balaban J connectivity index is 0.00000338. The van der Waals surface area contributed by atoms with E-state index >= 15 is 0 Å². The number of nitro groups is 1. The molecule has 1 amide bonds. The molecule has 140 valence electrons. The number of likely N-dealkylation sites (N-methyl/N-ethyl adjacent to an activating group) is 2. The van der Waals surface area contributed by atoms with E-state index in [1.807, 2.05) is 31.2 Å². The molecule has 2 aromatic carbocycles. The van der Waals surface area contributed by atoms with Gasteiger partial charge in [-0.25, -0.2) is 0 Å². The molecule has 2 aromatic rings. The maximum atomic E-state index is 12.4. The molecule has 6 nitrogen and oxygen atoms in total. The van der Waals surface area contributed by atoms with Gasteiger partial charge in [0.05, 0.1) is 9.82 Å². The van der Waals surface area contributed by atoms with Crippen LogP contribution in [-0.2, 0) is 0 Å². The van der Waals surface area contributed by atoms with Crippen LogP contribution in [0.15, 0.2) is 52.3 Å². The summed E-state index contributed by atoms with van der Waals surface area (Å²) >= 11 is 1.32. The molecule has 0 fully saturated rings. The Morgan fingerprint density at radius 2 is 1.88 bits per heavy atom. The molecule has 0 saturated heterocycles. The number of amides is 1. The summed E-state index contributed by atoms with van der Waals surface area (Å²) in [5.74, 6) is -0.231. The van der Waals surface area contributed by atoms with Gasteiger partial charge in [-0.15, -0.1) is 12.4 Å². The molecule has 0 unspecified atom stereocenters. The van der Waals surface area contributed by atoms with Crippen LogP contribution in [0.2, 0.25) is 0 Å². The molecule has 0 aliphatic rings. The van der Waals surface area contributed by atoms with Crippen molar-refractivity contribution in [3.63, 3.8) is 0 Å². The van der Waals surface area contributed by atoms with Crippen molar-refractivity contribution < 1.29 is 9.72 Å². The van der Waals surface area contributed by atoms with Gasteiger partial charge in [0.25, 0.3) is 11.6 Å². The normalized spacial score (nSPS) is 10.1. The lowest BCUT2D eigenvalue weighted by Crippen LogP contribution is -2.32. The van der Waals surface area contributed by atoms with Crippen LogP contribution in [0.1, 0.15) is 15.9 Å². The van der Waals surface area contributed by atoms with Gasteiger partial charge in [-0.2, -0.15) is 0 Å². The van der Waals surface area contributed by atoms with Gasteiger partial charge in [0, 0.05) is 36.7 Å². The van der Waals surface area contributed by atoms with Crippen LogP contribution < -0.4 is 5.32 Å². The third-order valence-electron chi connectivity index (χ3n) is 3.70. The zero-order valence-electron chi connectivity index (χ0n) is 14.9. The summed E-state index contributed by atoms with van der Waals surface area (Å²) in [4.78, 5) is 26.4. The summed E-state index contributed by atoms with van der Waals surface area (Å²) in [7, 11) is 3.49. The Labute approximate surface area is 163 Å². The zero-order valence-corrected chi connectivity index (χ0v) is 16.5. The molecule has 0 aromatic heterocycles. The van der Waals surface area contributed by atoms with Gasteiger partial charge in [0.1, 0.15) is 0 Å². The van der Waals surface area contributed by atoms with Gasteiger partial charge >= 0.3 is 0 Å². The minimum Gasteiger partial charge on any atom is -0.340 e. The zero-order chi connectivity index (χ0) is 18.4. The Hall–Kier alpha value is -2.09. The summed E-state index contributed by atoms with van der Waals surface area (Å²) in [6.45, 7) is 3.18. The minimum absolute atomic E-state index is 0. The van der Waals surface area contributed by atoms with Crippen LogP contribution >= 0.6 is 24.2 Å². The third kappa shape index (κ3) is 5.72. The highest BCUT2D eigenvalue weighted by Gasteiger charge is 2.20. The summed E-state index contributed by atoms with van der Waals surface area (Å²) in [6.07, 6.45) is 0. The second kappa shape index (κ2) is 10.2. The number of hydrogen-bond acceptors (Lipinski definition) is 5. The van der Waals surface area contributed by atoms with Gasteiger partial charge in [-0.1, -0.05) is 29.5 Å². The second-order valence-electron chi connectivity index (χ2n) is 5.68. The van der Waals surface area contributed by atoms with Crippen LogP contribution in [0.25, 0.3) is 0 Å². The predicted octanol–water partition coefficient (Wildman–Crippen LogP) is 3.77. The number of carbonyl (C=O) groups excluding carboxylic acids is 1. The number of rotatable bonds is 7. The fourth-order valence-corrected chi connectivity index (χ4v) is 3.11. The lowest BCUT2D eigenvalue weighted by molar-refractivity contribution is -0.387. The number of aryl methyl sites for hydroxylation is 1. The van der Waals surface area contributed by atoms with Gasteiger partial charge in [-0.05, 0) is 38.2 Å². The molecule has 0 spiro atoms. The van der Waals surface area contributed by atoms with E-state index in [-0.39, 0.29) is 24.0 Å². The first-order valence-corrected chi connectivity index (χ1v) is 8.67.